The van der Waals surface area contributed by atoms with E-state index in [0.29, 0.717) is 5.56 Å². The number of hydrogen-bond acceptors (Lipinski definition) is 5. The first-order valence-corrected chi connectivity index (χ1v) is 8.40. The van der Waals surface area contributed by atoms with Crippen molar-refractivity contribution in [2.75, 3.05) is 25.0 Å². The maximum Gasteiger partial charge on any atom is 0.226 e. The van der Waals surface area contributed by atoms with Gasteiger partial charge in [0, 0.05) is 32.3 Å². The van der Waals surface area contributed by atoms with Crippen LogP contribution in [0, 0.1) is 28.6 Å². The van der Waals surface area contributed by atoms with Crippen molar-refractivity contribution in [1.82, 2.24) is 9.88 Å². The lowest BCUT2D eigenvalue weighted by Gasteiger charge is -2.45. The number of nitrogens with zero attached hydrogens (tertiary/aromatic N) is 5. The zero-order valence-electron chi connectivity index (χ0n) is 13.9. The molecule has 0 bridgehead atoms. The molecule has 2 heterocycles. The van der Waals surface area contributed by atoms with Gasteiger partial charge in [-0.1, -0.05) is 0 Å². The Hall–Kier alpha value is -2.60. The number of piperidine rings is 1. The van der Waals surface area contributed by atoms with Gasteiger partial charge in [0.15, 0.2) is 0 Å². The minimum atomic E-state index is -0.567. The van der Waals surface area contributed by atoms with Gasteiger partial charge in [0.25, 0.3) is 0 Å². The fourth-order valence-corrected chi connectivity index (χ4v) is 3.51. The van der Waals surface area contributed by atoms with E-state index in [1.165, 1.54) is 0 Å². The second kappa shape index (κ2) is 6.49. The van der Waals surface area contributed by atoms with Crippen LogP contribution in [0.4, 0.5) is 5.82 Å². The molecular formula is C18H21N5O. The summed E-state index contributed by atoms with van der Waals surface area (Å²) >= 11 is 0. The smallest absolute Gasteiger partial charge is 0.226 e. The van der Waals surface area contributed by atoms with Crippen LogP contribution < -0.4 is 4.90 Å². The molecule has 1 amide bonds. The number of hydrogen-bond donors (Lipinski definition) is 0. The maximum absolute atomic E-state index is 12.7. The molecule has 1 aliphatic heterocycles. The molecule has 1 aliphatic carbocycles. The molecule has 6 heteroatoms. The third-order valence-corrected chi connectivity index (χ3v) is 5.41. The second-order valence-electron chi connectivity index (χ2n) is 6.67. The molecular weight excluding hydrogens is 302 g/mol. The van der Waals surface area contributed by atoms with Gasteiger partial charge in [0.05, 0.1) is 11.6 Å². The molecule has 0 spiro atoms. The molecule has 2 aliphatic rings. The molecule has 0 radical (unpaired) electrons. The van der Waals surface area contributed by atoms with Crippen molar-refractivity contribution in [3.05, 3.63) is 23.9 Å². The Balaban J connectivity index is 1.59. The van der Waals surface area contributed by atoms with Crippen LogP contribution in [-0.4, -0.2) is 41.5 Å². The Morgan fingerprint density at radius 1 is 1.33 bits per heavy atom. The van der Waals surface area contributed by atoms with Crippen molar-refractivity contribution >= 4 is 11.7 Å². The summed E-state index contributed by atoms with van der Waals surface area (Å²) in [5.41, 5.74) is -0.0177. The van der Waals surface area contributed by atoms with Crippen molar-refractivity contribution in [3.63, 3.8) is 0 Å². The Morgan fingerprint density at radius 2 is 2.04 bits per heavy atom. The average molecular weight is 323 g/mol. The SMILES string of the molecule is CN(C(=O)C1CCN(c2ccc(C#N)cn2)CC1)C1(C#N)CCC1. The Kier molecular flexibility index (Phi) is 4.40. The van der Waals surface area contributed by atoms with E-state index >= 15 is 0 Å². The van der Waals surface area contributed by atoms with Crippen molar-refractivity contribution in [1.29, 1.82) is 10.5 Å². The fourth-order valence-electron chi connectivity index (χ4n) is 3.51. The van der Waals surface area contributed by atoms with Gasteiger partial charge < -0.3 is 9.80 Å². The summed E-state index contributed by atoms with van der Waals surface area (Å²) in [6.45, 7) is 1.53. The largest absolute Gasteiger partial charge is 0.357 e. The second-order valence-corrected chi connectivity index (χ2v) is 6.67. The molecule has 6 nitrogen and oxygen atoms in total. The number of amides is 1. The van der Waals surface area contributed by atoms with E-state index < -0.39 is 5.54 Å². The summed E-state index contributed by atoms with van der Waals surface area (Å²) < 4.78 is 0. The number of carbonyl (C=O) groups excluding carboxylic acids is 1. The summed E-state index contributed by atoms with van der Waals surface area (Å²) in [4.78, 5) is 20.9. The Morgan fingerprint density at radius 3 is 2.50 bits per heavy atom. The highest BCUT2D eigenvalue weighted by Crippen LogP contribution is 2.37. The standard InChI is InChI=1S/C18H21N5O/c1-22(18(13-20)7-2-8-18)17(24)15-5-9-23(10-6-15)16-4-3-14(11-19)12-21-16/h3-4,12,15H,2,5-10H2,1H3. The Bertz CT molecular complexity index is 688. The van der Waals surface area contributed by atoms with Crippen LogP contribution in [0.15, 0.2) is 18.3 Å². The third-order valence-electron chi connectivity index (χ3n) is 5.41. The Labute approximate surface area is 142 Å². The quantitative estimate of drug-likeness (QED) is 0.850. The molecule has 1 saturated heterocycles. The monoisotopic (exact) mass is 323 g/mol. The van der Waals surface area contributed by atoms with E-state index in [1.54, 1.807) is 24.2 Å². The van der Waals surface area contributed by atoms with Crippen LogP contribution in [-0.2, 0) is 4.79 Å². The normalized spacial score (nSPS) is 19.7. The van der Waals surface area contributed by atoms with Crippen molar-refractivity contribution in [2.45, 2.75) is 37.6 Å². The molecule has 124 valence electrons. The van der Waals surface area contributed by atoms with Gasteiger partial charge in [-0.3, -0.25) is 4.79 Å². The summed E-state index contributed by atoms with van der Waals surface area (Å²) in [6.07, 6.45) is 5.72. The summed E-state index contributed by atoms with van der Waals surface area (Å²) in [6, 6.07) is 8.02. The highest BCUT2D eigenvalue weighted by atomic mass is 16.2. The maximum atomic E-state index is 12.7. The van der Waals surface area contributed by atoms with Gasteiger partial charge in [0.2, 0.25) is 5.91 Å². The fraction of sp³-hybridized carbons (Fsp3) is 0.556. The zero-order valence-corrected chi connectivity index (χ0v) is 13.9. The lowest BCUT2D eigenvalue weighted by atomic mass is 9.76. The number of pyridine rings is 1. The minimum absolute atomic E-state index is 0.0181. The number of anilines is 1. The lowest BCUT2D eigenvalue weighted by Crippen LogP contribution is -2.55. The first-order chi connectivity index (χ1) is 11.6. The lowest BCUT2D eigenvalue weighted by molar-refractivity contribution is -0.141. The van der Waals surface area contributed by atoms with Crippen molar-refractivity contribution in [2.24, 2.45) is 5.92 Å². The molecule has 0 N–H and O–H groups in total. The van der Waals surface area contributed by atoms with E-state index in [4.69, 9.17) is 5.26 Å². The zero-order chi connectivity index (χ0) is 17.2. The van der Waals surface area contributed by atoms with Crippen LogP contribution in [0.5, 0.6) is 0 Å². The number of carbonyl (C=O) groups is 1. The molecule has 24 heavy (non-hydrogen) atoms. The van der Waals surface area contributed by atoms with E-state index in [1.807, 2.05) is 6.07 Å². The predicted molar refractivity (Wildman–Crippen MR) is 88.9 cm³/mol. The van der Waals surface area contributed by atoms with Gasteiger partial charge in [-0.2, -0.15) is 10.5 Å². The third kappa shape index (κ3) is 2.80. The molecule has 0 unspecified atom stereocenters. The molecule has 2 fully saturated rings. The van der Waals surface area contributed by atoms with E-state index in [0.717, 1.165) is 51.0 Å². The van der Waals surface area contributed by atoms with Crippen LogP contribution in [0.2, 0.25) is 0 Å². The number of aromatic nitrogens is 1. The van der Waals surface area contributed by atoms with Gasteiger partial charge >= 0.3 is 0 Å². The topological polar surface area (TPSA) is 84.0 Å². The predicted octanol–water partition coefficient (Wildman–Crippen LogP) is 2.07. The van der Waals surface area contributed by atoms with E-state index in [9.17, 15) is 10.1 Å². The number of rotatable bonds is 3. The summed E-state index contributed by atoms with van der Waals surface area (Å²) in [5.74, 6) is 0.930. The van der Waals surface area contributed by atoms with E-state index in [-0.39, 0.29) is 11.8 Å². The number of nitriles is 2. The van der Waals surface area contributed by atoms with Gasteiger partial charge in [-0.25, -0.2) is 4.98 Å². The average Bonchev–Trinajstić information content (AvgIpc) is 2.61. The van der Waals surface area contributed by atoms with Crippen LogP contribution in [0.1, 0.15) is 37.7 Å². The molecule has 0 aromatic carbocycles. The van der Waals surface area contributed by atoms with Gasteiger partial charge in [-0.15, -0.1) is 0 Å². The van der Waals surface area contributed by atoms with Crippen LogP contribution in [0.25, 0.3) is 0 Å². The van der Waals surface area contributed by atoms with Crippen molar-refractivity contribution in [3.8, 4) is 12.1 Å². The highest BCUT2D eigenvalue weighted by Gasteiger charge is 2.45. The van der Waals surface area contributed by atoms with Crippen LogP contribution >= 0.6 is 0 Å². The highest BCUT2D eigenvalue weighted by molar-refractivity contribution is 5.80. The minimum Gasteiger partial charge on any atom is -0.357 e. The van der Waals surface area contributed by atoms with Crippen LogP contribution in [0.3, 0.4) is 0 Å². The first-order valence-electron chi connectivity index (χ1n) is 8.40. The summed E-state index contributed by atoms with van der Waals surface area (Å²) in [7, 11) is 1.78. The van der Waals surface area contributed by atoms with Gasteiger partial charge in [-0.05, 0) is 44.2 Å². The summed E-state index contributed by atoms with van der Waals surface area (Å²) in [5, 5.41) is 18.2. The molecule has 1 aromatic heterocycles. The van der Waals surface area contributed by atoms with Gasteiger partial charge in [0.1, 0.15) is 17.4 Å². The molecule has 1 aromatic rings. The first kappa shape index (κ1) is 16.3. The van der Waals surface area contributed by atoms with E-state index in [2.05, 4.69) is 22.0 Å². The molecule has 3 rings (SSSR count). The molecule has 0 atom stereocenters. The van der Waals surface area contributed by atoms with Crippen molar-refractivity contribution < 1.29 is 4.79 Å². The molecule has 1 saturated carbocycles.